The monoisotopic (exact) mass is 271 g/mol. The summed E-state index contributed by atoms with van der Waals surface area (Å²) in [6.07, 6.45) is 0. The van der Waals surface area contributed by atoms with Gasteiger partial charge in [-0.2, -0.15) is 0 Å². The zero-order chi connectivity index (χ0) is 8.20. The minimum atomic E-state index is -0.987. The molecule has 0 fully saturated rings. The molecule has 0 aromatic rings. The third kappa shape index (κ3) is 2.88. The maximum atomic E-state index is 2.62. The summed E-state index contributed by atoms with van der Waals surface area (Å²) in [6, 6.07) is 0. The second-order valence-electron chi connectivity index (χ2n) is 3.12. The molecule has 0 rings (SSSR count). The van der Waals surface area contributed by atoms with E-state index in [1.54, 1.807) is 0 Å². The molecule has 0 atom stereocenters. The first-order chi connectivity index (χ1) is 4.58. The standard InChI is InChI=1S/C7H18INSi/c1-5-9(6-2)10(3,4)7-8/h5-7H2,1-4H3. The Balaban J connectivity index is 3.97. The fraction of sp³-hybridized carbons (Fsp3) is 1.00. The van der Waals surface area contributed by atoms with Gasteiger partial charge >= 0.3 is 0 Å². The molecule has 0 N–H and O–H groups in total. The minimum Gasteiger partial charge on any atom is -0.324 e. The third-order valence-corrected chi connectivity index (χ3v) is 10.5. The number of hydrogen-bond acceptors (Lipinski definition) is 1. The van der Waals surface area contributed by atoms with Crippen molar-refractivity contribution in [2.45, 2.75) is 26.9 Å². The van der Waals surface area contributed by atoms with Crippen molar-refractivity contribution in [2.24, 2.45) is 0 Å². The van der Waals surface area contributed by atoms with Crippen LogP contribution in [0.1, 0.15) is 13.8 Å². The lowest BCUT2D eigenvalue weighted by Gasteiger charge is -2.33. The second-order valence-corrected chi connectivity index (χ2v) is 9.93. The maximum absolute atomic E-state index is 2.62. The summed E-state index contributed by atoms with van der Waals surface area (Å²) < 4.78 is 3.96. The maximum Gasteiger partial charge on any atom is 0.131 e. The highest BCUT2D eigenvalue weighted by Gasteiger charge is 2.25. The van der Waals surface area contributed by atoms with E-state index in [1.807, 2.05) is 0 Å². The highest BCUT2D eigenvalue weighted by atomic mass is 127. The van der Waals surface area contributed by atoms with Crippen molar-refractivity contribution >= 4 is 30.8 Å². The Morgan fingerprint density at radius 1 is 1.20 bits per heavy atom. The lowest BCUT2D eigenvalue weighted by Crippen LogP contribution is -2.50. The van der Waals surface area contributed by atoms with Gasteiger partial charge in [0, 0.05) is 4.05 Å². The number of hydrogen-bond donors (Lipinski definition) is 0. The van der Waals surface area contributed by atoms with E-state index < -0.39 is 8.24 Å². The molecule has 3 heteroatoms. The molecule has 0 amide bonds. The summed E-state index contributed by atoms with van der Waals surface area (Å²) in [7, 11) is -0.987. The van der Waals surface area contributed by atoms with Crippen LogP contribution < -0.4 is 0 Å². The molecule has 0 aliphatic rings. The van der Waals surface area contributed by atoms with Crippen molar-refractivity contribution in [3.63, 3.8) is 0 Å². The molecule has 62 valence electrons. The van der Waals surface area contributed by atoms with Crippen LogP contribution in [0.4, 0.5) is 0 Å². The fourth-order valence-electron chi connectivity index (χ4n) is 1.16. The number of nitrogens with zero attached hydrogens (tertiary/aromatic N) is 1. The summed E-state index contributed by atoms with van der Waals surface area (Å²) in [4.78, 5) is 0. The van der Waals surface area contributed by atoms with E-state index in [1.165, 1.54) is 17.1 Å². The number of rotatable bonds is 4. The molecular formula is C7H18INSi. The quantitative estimate of drug-likeness (QED) is 0.431. The molecule has 0 aromatic carbocycles. The molecule has 0 bridgehead atoms. The van der Waals surface area contributed by atoms with Gasteiger partial charge in [0.25, 0.3) is 0 Å². The van der Waals surface area contributed by atoms with Gasteiger partial charge in [0.05, 0.1) is 0 Å². The summed E-state index contributed by atoms with van der Waals surface area (Å²) >= 11 is 2.51. The molecule has 0 aromatic heterocycles. The topological polar surface area (TPSA) is 3.24 Å². The normalized spacial score (nSPS) is 12.6. The molecule has 0 saturated carbocycles. The Hall–Kier alpha value is 0.907. The van der Waals surface area contributed by atoms with E-state index in [-0.39, 0.29) is 0 Å². The first-order valence-corrected chi connectivity index (χ1v) is 8.57. The summed E-state index contributed by atoms with van der Waals surface area (Å²) in [5.41, 5.74) is 0. The van der Waals surface area contributed by atoms with Gasteiger partial charge in [-0.15, -0.1) is 0 Å². The van der Waals surface area contributed by atoms with E-state index >= 15 is 0 Å². The van der Waals surface area contributed by atoms with Crippen LogP contribution in [-0.4, -0.2) is 29.9 Å². The number of alkyl halides is 1. The lowest BCUT2D eigenvalue weighted by atomic mass is 10.7. The van der Waals surface area contributed by atoms with Gasteiger partial charge < -0.3 is 4.57 Å². The first-order valence-electron chi connectivity index (χ1n) is 3.89. The number of halogens is 1. The highest BCUT2D eigenvalue weighted by molar-refractivity contribution is 14.1. The smallest absolute Gasteiger partial charge is 0.131 e. The van der Waals surface area contributed by atoms with Crippen LogP contribution >= 0.6 is 22.6 Å². The molecule has 0 spiro atoms. The molecule has 0 aliphatic heterocycles. The molecule has 1 nitrogen and oxygen atoms in total. The summed E-state index contributed by atoms with van der Waals surface area (Å²) in [5, 5.41) is 0. The Labute approximate surface area is 79.4 Å². The molecule has 10 heavy (non-hydrogen) atoms. The van der Waals surface area contributed by atoms with Crippen LogP contribution in [0.3, 0.4) is 0 Å². The van der Waals surface area contributed by atoms with Gasteiger partial charge in [0.2, 0.25) is 0 Å². The van der Waals surface area contributed by atoms with Crippen molar-refractivity contribution in [1.29, 1.82) is 0 Å². The van der Waals surface area contributed by atoms with Gasteiger partial charge in [-0.3, -0.25) is 0 Å². The molecule has 0 aliphatic carbocycles. The molecular weight excluding hydrogens is 253 g/mol. The van der Waals surface area contributed by atoms with Gasteiger partial charge in [-0.25, -0.2) is 0 Å². The minimum absolute atomic E-state index is 0.987. The van der Waals surface area contributed by atoms with Crippen molar-refractivity contribution < 1.29 is 0 Å². The molecule has 0 radical (unpaired) electrons. The van der Waals surface area contributed by atoms with E-state index in [0.29, 0.717) is 0 Å². The first kappa shape index (κ1) is 10.9. The van der Waals surface area contributed by atoms with Crippen molar-refractivity contribution in [1.82, 2.24) is 4.57 Å². The average molecular weight is 271 g/mol. The molecule has 0 heterocycles. The second kappa shape index (κ2) is 4.72. The fourth-order valence-corrected chi connectivity index (χ4v) is 4.49. The van der Waals surface area contributed by atoms with Crippen LogP contribution in [0.15, 0.2) is 0 Å². The van der Waals surface area contributed by atoms with Crippen LogP contribution in [0.2, 0.25) is 13.1 Å². The van der Waals surface area contributed by atoms with Crippen LogP contribution in [-0.2, 0) is 0 Å². The van der Waals surface area contributed by atoms with Gasteiger partial charge in [0.1, 0.15) is 8.24 Å². The Kier molecular flexibility index (Phi) is 5.15. The van der Waals surface area contributed by atoms with E-state index in [2.05, 4.69) is 54.1 Å². The van der Waals surface area contributed by atoms with Gasteiger partial charge in [-0.1, -0.05) is 49.5 Å². The molecule has 0 unspecified atom stereocenters. The van der Waals surface area contributed by atoms with Crippen LogP contribution in [0.25, 0.3) is 0 Å². The summed E-state index contributed by atoms with van der Waals surface area (Å²) in [6.45, 7) is 11.8. The van der Waals surface area contributed by atoms with E-state index in [0.717, 1.165) is 0 Å². The predicted molar refractivity (Wildman–Crippen MR) is 59.3 cm³/mol. The zero-order valence-corrected chi connectivity index (χ0v) is 10.6. The van der Waals surface area contributed by atoms with Crippen LogP contribution in [0.5, 0.6) is 0 Å². The lowest BCUT2D eigenvalue weighted by molar-refractivity contribution is 0.470. The van der Waals surface area contributed by atoms with Gasteiger partial charge in [-0.05, 0) is 13.1 Å². The predicted octanol–water partition coefficient (Wildman–Crippen LogP) is 2.51. The average Bonchev–Trinajstić information content (AvgIpc) is 1.90. The zero-order valence-electron chi connectivity index (χ0n) is 7.45. The Bertz CT molecular complexity index is 91.6. The SMILES string of the molecule is CCN(CC)[Si](C)(C)CI. The Morgan fingerprint density at radius 2 is 1.60 bits per heavy atom. The molecule has 0 saturated heterocycles. The van der Waals surface area contributed by atoms with E-state index in [9.17, 15) is 0 Å². The third-order valence-electron chi connectivity index (χ3n) is 1.95. The van der Waals surface area contributed by atoms with Crippen molar-refractivity contribution in [3.05, 3.63) is 0 Å². The van der Waals surface area contributed by atoms with Crippen LogP contribution in [0, 0.1) is 0 Å². The van der Waals surface area contributed by atoms with E-state index in [4.69, 9.17) is 0 Å². The van der Waals surface area contributed by atoms with Crippen molar-refractivity contribution in [2.75, 3.05) is 17.1 Å². The summed E-state index contributed by atoms with van der Waals surface area (Å²) in [5.74, 6) is 0. The Morgan fingerprint density at radius 3 is 1.70 bits per heavy atom. The largest absolute Gasteiger partial charge is 0.324 e. The highest BCUT2D eigenvalue weighted by Crippen LogP contribution is 2.11. The van der Waals surface area contributed by atoms with Gasteiger partial charge in [0.15, 0.2) is 0 Å². The van der Waals surface area contributed by atoms with Crippen molar-refractivity contribution in [3.8, 4) is 0 Å².